The zero-order chi connectivity index (χ0) is 15.5. The molecule has 1 fully saturated rings. The van der Waals surface area contributed by atoms with Gasteiger partial charge < -0.3 is 10.1 Å². The molecule has 0 atom stereocenters. The summed E-state index contributed by atoms with van der Waals surface area (Å²) in [7, 11) is 0. The Bertz CT molecular complexity index is 466. The fraction of sp³-hybridized carbons (Fsp3) is 0.667. The first-order valence-corrected chi connectivity index (χ1v) is 8.93. The molecule has 118 valence electrons. The lowest BCUT2D eigenvalue weighted by Gasteiger charge is -2.43. The molecule has 1 aliphatic carbocycles. The standard InChI is InChI=1S/C18H28BrNO/c1-13(2)16-12-15(19)6-7-17(16)21-18(8-5-9-18)10-11-20-14(3)4/h6-7,12-14,20H,5,8-11H2,1-4H3. The van der Waals surface area contributed by atoms with Crippen LogP contribution in [0.3, 0.4) is 0 Å². The summed E-state index contributed by atoms with van der Waals surface area (Å²) >= 11 is 3.57. The first kappa shape index (κ1) is 16.8. The van der Waals surface area contributed by atoms with Crippen LogP contribution in [0.15, 0.2) is 22.7 Å². The van der Waals surface area contributed by atoms with Crippen molar-refractivity contribution in [3.8, 4) is 5.75 Å². The van der Waals surface area contributed by atoms with E-state index < -0.39 is 0 Å². The van der Waals surface area contributed by atoms with Gasteiger partial charge in [0.05, 0.1) is 0 Å². The third-order valence-electron chi connectivity index (χ3n) is 4.32. The largest absolute Gasteiger partial charge is 0.487 e. The highest BCUT2D eigenvalue weighted by Crippen LogP contribution is 2.41. The number of hydrogen-bond acceptors (Lipinski definition) is 2. The monoisotopic (exact) mass is 353 g/mol. The van der Waals surface area contributed by atoms with Gasteiger partial charge in [-0.25, -0.2) is 0 Å². The lowest BCUT2D eigenvalue weighted by Crippen LogP contribution is -2.46. The van der Waals surface area contributed by atoms with Crippen molar-refractivity contribution in [1.29, 1.82) is 0 Å². The van der Waals surface area contributed by atoms with Gasteiger partial charge in [0.15, 0.2) is 0 Å². The third-order valence-corrected chi connectivity index (χ3v) is 4.81. The van der Waals surface area contributed by atoms with Crippen LogP contribution in [0.2, 0.25) is 0 Å². The molecule has 3 heteroatoms. The Morgan fingerprint density at radius 3 is 2.48 bits per heavy atom. The molecule has 2 rings (SSSR count). The van der Waals surface area contributed by atoms with Crippen molar-refractivity contribution in [3.63, 3.8) is 0 Å². The first-order valence-electron chi connectivity index (χ1n) is 8.14. The van der Waals surface area contributed by atoms with Gasteiger partial charge in [0.25, 0.3) is 0 Å². The summed E-state index contributed by atoms with van der Waals surface area (Å²) in [5.74, 6) is 1.54. The summed E-state index contributed by atoms with van der Waals surface area (Å²) in [6.45, 7) is 9.87. The van der Waals surface area contributed by atoms with E-state index in [9.17, 15) is 0 Å². The van der Waals surface area contributed by atoms with Gasteiger partial charge in [-0.3, -0.25) is 0 Å². The fourth-order valence-corrected chi connectivity index (χ4v) is 3.24. The van der Waals surface area contributed by atoms with Crippen LogP contribution in [0.5, 0.6) is 5.75 Å². The smallest absolute Gasteiger partial charge is 0.123 e. The molecule has 1 aromatic rings. The van der Waals surface area contributed by atoms with Crippen molar-refractivity contribution in [2.24, 2.45) is 0 Å². The van der Waals surface area contributed by atoms with E-state index >= 15 is 0 Å². The highest BCUT2D eigenvalue weighted by Gasteiger charge is 2.39. The Labute approximate surface area is 137 Å². The van der Waals surface area contributed by atoms with Crippen LogP contribution in [0.4, 0.5) is 0 Å². The molecule has 1 saturated carbocycles. The Kier molecular flexibility index (Phi) is 5.73. The van der Waals surface area contributed by atoms with Gasteiger partial charge in [0.1, 0.15) is 11.4 Å². The Morgan fingerprint density at radius 2 is 1.95 bits per heavy atom. The molecule has 21 heavy (non-hydrogen) atoms. The summed E-state index contributed by atoms with van der Waals surface area (Å²) in [4.78, 5) is 0. The summed E-state index contributed by atoms with van der Waals surface area (Å²) in [5.41, 5.74) is 1.35. The predicted octanol–water partition coefficient (Wildman–Crippen LogP) is 5.26. The minimum Gasteiger partial charge on any atom is -0.487 e. The number of rotatable bonds is 7. The lowest BCUT2D eigenvalue weighted by molar-refractivity contribution is -0.0154. The maximum absolute atomic E-state index is 6.51. The van der Waals surface area contributed by atoms with Crippen molar-refractivity contribution < 1.29 is 4.74 Å². The van der Waals surface area contributed by atoms with Gasteiger partial charge in [-0.05, 0) is 61.9 Å². The van der Waals surface area contributed by atoms with Crippen molar-refractivity contribution >= 4 is 15.9 Å². The van der Waals surface area contributed by atoms with Crippen molar-refractivity contribution in [2.75, 3.05) is 6.54 Å². The Hall–Kier alpha value is -0.540. The van der Waals surface area contributed by atoms with E-state index in [1.54, 1.807) is 0 Å². The third kappa shape index (κ3) is 4.46. The molecular formula is C18H28BrNO. The molecule has 0 radical (unpaired) electrons. The van der Waals surface area contributed by atoms with Gasteiger partial charge in [0, 0.05) is 10.5 Å². The zero-order valence-corrected chi connectivity index (χ0v) is 15.3. The number of nitrogens with one attached hydrogen (secondary N) is 1. The molecule has 0 bridgehead atoms. The van der Waals surface area contributed by atoms with Gasteiger partial charge in [0.2, 0.25) is 0 Å². The van der Waals surface area contributed by atoms with E-state index in [0.29, 0.717) is 12.0 Å². The van der Waals surface area contributed by atoms with Crippen molar-refractivity contribution in [2.45, 2.75) is 70.9 Å². The maximum atomic E-state index is 6.51. The highest BCUT2D eigenvalue weighted by atomic mass is 79.9. The Morgan fingerprint density at radius 1 is 1.24 bits per heavy atom. The molecule has 0 saturated heterocycles. The van der Waals surface area contributed by atoms with Crippen LogP contribution >= 0.6 is 15.9 Å². The number of benzene rings is 1. The topological polar surface area (TPSA) is 21.3 Å². The van der Waals surface area contributed by atoms with Crippen molar-refractivity contribution in [3.05, 3.63) is 28.2 Å². The first-order chi connectivity index (χ1) is 9.92. The average Bonchev–Trinajstić information content (AvgIpc) is 2.36. The SMILES string of the molecule is CC(C)NCCC1(Oc2ccc(Br)cc2C(C)C)CCC1. The van der Waals surface area contributed by atoms with Crippen LogP contribution in [-0.2, 0) is 0 Å². The van der Waals surface area contributed by atoms with Gasteiger partial charge in [-0.15, -0.1) is 0 Å². The molecule has 0 heterocycles. The zero-order valence-electron chi connectivity index (χ0n) is 13.7. The van der Waals surface area contributed by atoms with Crippen LogP contribution in [0, 0.1) is 0 Å². The quantitative estimate of drug-likeness (QED) is 0.721. The molecule has 1 N–H and O–H groups in total. The fourth-order valence-electron chi connectivity index (χ4n) is 2.86. The lowest BCUT2D eigenvalue weighted by atomic mass is 9.77. The molecule has 1 aliphatic rings. The molecule has 0 aliphatic heterocycles. The van der Waals surface area contributed by atoms with Crippen LogP contribution in [0.1, 0.15) is 64.9 Å². The number of hydrogen-bond donors (Lipinski definition) is 1. The normalized spacial score (nSPS) is 17.1. The number of ether oxygens (including phenoxy) is 1. The summed E-state index contributed by atoms with van der Waals surface area (Å²) in [6.07, 6.45) is 4.74. The second-order valence-electron chi connectivity index (χ2n) is 6.83. The minimum absolute atomic E-state index is 0.0549. The molecule has 1 aromatic carbocycles. The molecule has 2 nitrogen and oxygen atoms in total. The Balaban J connectivity index is 2.08. The molecule has 0 aromatic heterocycles. The van der Waals surface area contributed by atoms with Crippen LogP contribution in [0.25, 0.3) is 0 Å². The summed E-state index contributed by atoms with van der Waals surface area (Å²) in [5, 5.41) is 3.51. The maximum Gasteiger partial charge on any atom is 0.123 e. The van der Waals surface area contributed by atoms with Gasteiger partial charge in [-0.1, -0.05) is 43.6 Å². The minimum atomic E-state index is 0.0549. The molecule has 0 unspecified atom stereocenters. The van der Waals surface area contributed by atoms with Crippen molar-refractivity contribution in [1.82, 2.24) is 5.32 Å². The molecule has 0 amide bonds. The van der Waals surface area contributed by atoms with Crippen LogP contribution in [-0.4, -0.2) is 18.2 Å². The second kappa shape index (κ2) is 7.15. The predicted molar refractivity (Wildman–Crippen MR) is 93.2 cm³/mol. The average molecular weight is 354 g/mol. The highest BCUT2D eigenvalue weighted by molar-refractivity contribution is 9.10. The van der Waals surface area contributed by atoms with E-state index in [1.165, 1.54) is 24.8 Å². The molecule has 0 spiro atoms. The van der Waals surface area contributed by atoms with E-state index in [1.807, 2.05) is 0 Å². The summed E-state index contributed by atoms with van der Waals surface area (Å²) < 4.78 is 7.63. The van der Waals surface area contributed by atoms with E-state index in [2.05, 4.69) is 67.1 Å². The second-order valence-corrected chi connectivity index (χ2v) is 7.75. The molecular weight excluding hydrogens is 326 g/mol. The van der Waals surface area contributed by atoms with E-state index in [0.717, 1.165) is 23.2 Å². The van der Waals surface area contributed by atoms with Crippen LogP contribution < -0.4 is 10.1 Å². The number of halogens is 1. The van der Waals surface area contributed by atoms with E-state index in [-0.39, 0.29) is 5.60 Å². The van der Waals surface area contributed by atoms with E-state index in [4.69, 9.17) is 4.74 Å². The summed E-state index contributed by atoms with van der Waals surface area (Å²) in [6, 6.07) is 6.94. The van der Waals surface area contributed by atoms with Gasteiger partial charge >= 0.3 is 0 Å². The van der Waals surface area contributed by atoms with Gasteiger partial charge in [-0.2, -0.15) is 0 Å².